The Kier molecular flexibility index (Phi) is 5.04. The van der Waals surface area contributed by atoms with Crippen LogP contribution in [0.3, 0.4) is 0 Å². The van der Waals surface area contributed by atoms with Crippen LogP contribution in [0.1, 0.15) is 17.2 Å². The van der Waals surface area contributed by atoms with Crippen LogP contribution in [0.2, 0.25) is 0 Å². The van der Waals surface area contributed by atoms with Gasteiger partial charge in [0.05, 0.1) is 7.11 Å². The SMILES string of the molecule is COc1ccc(C(CN)Oc2ccc(Br)cc2C)cc1. The quantitative estimate of drug-likeness (QED) is 0.902. The van der Waals surface area contributed by atoms with Crippen LogP contribution in [0.5, 0.6) is 11.5 Å². The highest BCUT2D eigenvalue weighted by molar-refractivity contribution is 9.10. The van der Waals surface area contributed by atoms with Gasteiger partial charge in [0.25, 0.3) is 0 Å². The van der Waals surface area contributed by atoms with E-state index in [1.807, 2.05) is 49.4 Å². The third-order valence-electron chi connectivity index (χ3n) is 3.11. The lowest BCUT2D eigenvalue weighted by molar-refractivity contribution is 0.212. The first-order valence-electron chi connectivity index (χ1n) is 6.41. The van der Waals surface area contributed by atoms with Gasteiger partial charge in [0.1, 0.15) is 17.6 Å². The van der Waals surface area contributed by atoms with Gasteiger partial charge in [-0.3, -0.25) is 0 Å². The summed E-state index contributed by atoms with van der Waals surface area (Å²) in [5.74, 6) is 1.67. The van der Waals surface area contributed by atoms with Crippen LogP contribution in [0.25, 0.3) is 0 Å². The molecule has 0 saturated carbocycles. The van der Waals surface area contributed by atoms with Crippen molar-refractivity contribution in [2.75, 3.05) is 13.7 Å². The third-order valence-corrected chi connectivity index (χ3v) is 3.60. The zero-order chi connectivity index (χ0) is 14.5. The van der Waals surface area contributed by atoms with Crippen molar-refractivity contribution in [3.05, 3.63) is 58.1 Å². The van der Waals surface area contributed by atoms with Gasteiger partial charge in [-0.1, -0.05) is 28.1 Å². The molecule has 0 fully saturated rings. The van der Waals surface area contributed by atoms with Gasteiger partial charge in [0.15, 0.2) is 0 Å². The Labute approximate surface area is 127 Å². The van der Waals surface area contributed by atoms with Gasteiger partial charge < -0.3 is 15.2 Å². The highest BCUT2D eigenvalue weighted by Crippen LogP contribution is 2.27. The molecule has 0 radical (unpaired) electrons. The number of hydrogen-bond donors (Lipinski definition) is 1. The zero-order valence-corrected chi connectivity index (χ0v) is 13.2. The molecule has 0 aromatic heterocycles. The number of benzene rings is 2. The second-order valence-electron chi connectivity index (χ2n) is 4.53. The molecule has 1 unspecified atom stereocenters. The zero-order valence-electron chi connectivity index (χ0n) is 11.6. The first-order chi connectivity index (χ1) is 9.63. The summed E-state index contributed by atoms with van der Waals surface area (Å²) in [6, 6.07) is 13.7. The standard InChI is InChI=1S/C16H18BrNO2/c1-11-9-13(17)5-8-15(11)20-16(10-18)12-3-6-14(19-2)7-4-12/h3-9,16H,10,18H2,1-2H3. The van der Waals surface area contributed by atoms with E-state index in [2.05, 4.69) is 15.9 Å². The van der Waals surface area contributed by atoms with Gasteiger partial charge in [0.2, 0.25) is 0 Å². The molecular weight excluding hydrogens is 318 g/mol. The molecule has 3 nitrogen and oxygen atoms in total. The Morgan fingerprint density at radius 3 is 2.40 bits per heavy atom. The van der Waals surface area contributed by atoms with Crippen molar-refractivity contribution in [3.63, 3.8) is 0 Å². The maximum absolute atomic E-state index is 6.02. The summed E-state index contributed by atoms with van der Waals surface area (Å²) < 4.78 is 12.2. The van der Waals surface area contributed by atoms with Crippen LogP contribution in [0.4, 0.5) is 0 Å². The minimum absolute atomic E-state index is 0.166. The lowest BCUT2D eigenvalue weighted by Crippen LogP contribution is -2.18. The number of methoxy groups -OCH3 is 1. The molecule has 2 N–H and O–H groups in total. The summed E-state index contributed by atoms with van der Waals surface area (Å²) in [5, 5.41) is 0. The molecule has 0 amide bonds. The molecule has 0 aliphatic carbocycles. The first kappa shape index (κ1) is 14.9. The fourth-order valence-corrected chi connectivity index (χ4v) is 2.44. The molecule has 0 heterocycles. The van der Waals surface area contributed by atoms with Gasteiger partial charge in [-0.15, -0.1) is 0 Å². The number of hydrogen-bond acceptors (Lipinski definition) is 3. The fraction of sp³-hybridized carbons (Fsp3) is 0.250. The predicted molar refractivity (Wildman–Crippen MR) is 84.3 cm³/mol. The normalized spacial score (nSPS) is 12.0. The maximum atomic E-state index is 6.02. The molecule has 0 bridgehead atoms. The van der Waals surface area contributed by atoms with Crippen molar-refractivity contribution >= 4 is 15.9 Å². The number of aryl methyl sites for hydroxylation is 1. The number of halogens is 1. The van der Waals surface area contributed by atoms with Crippen molar-refractivity contribution < 1.29 is 9.47 Å². The number of rotatable bonds is 5. The molecule has 106 valence electrons. The van der Waals surface area contributed by atoms with Gasteiger partial charge in [-0.2, -0.15) is 0 Å². The molecule has 2 aromatic carbocycles. The molecule has 0 saturated heterocycles. The Bertz CT molecular complexity index is 569. The first-order valence-corrected chi connectivity index (χ1v) is 7.20. The minimum Gasteiger partial charge on any atom is -0.497 e. The summed E-state index contributed by atoms with van der Waals surface area (Å²) in [6.45, 7) is 2.43. The van der Waals surface area contributed by atoms with Crippen molar-refractivity contribution in [1.29, 1.82) is 0 Å². The fourth-order valence-electron chi connectivity index (χ4n) is 1.97. The summed E-state index contributed by atoms with van der Waals surface area (Å²) in [4.78, 5) is 0. The Balaban J connectivity index is 2.19. The van der Waals surface area contributed by atoms with E-state index >= 15 is 0 Å². The van der Waals surface area contributed by atoms with E-state index < -0.39 is 0 Å². The Hall–Kier alpha value is -1.52. The van der Waals surface area contributed by atoms with Crippen LogP contribution < -0.4 is 15.2 Å². The van der Waals surface area contributed by atoms with E-state index in [0.29, 0.717) is 6.54 Å². The third kappa shape index (κ3) is 3.52. The van der Waals surface area contributed by atoms with Gasteiger partial charge in [0, 0.05) is 11.0 Å². The van der Waals surface area contributed by atoms with Crippen LogP contribution in [0, 0.1) is 6.92 Å². The van der Waals surface area contributed by atoms with Crippen molar-refractivity contribution in [2.24, 2.45) is 5.73 Å². The van der Waals surface area contributed by atoms with Crippen molar-refractivity contribution in [2.45, 2.75) is 13.0 Å². The van der Waals surface area contributed by atoms with Gasteiger partial charge in [-0.25, -0.2) is 0 Å². The topological polar surface area (TPSA) is 44.5 Å². The molecule has 0 spiro atoms. The lowest BCUT2D eigenvalue weighted by atomic mass is 10.1. The smallest absolute Gasteiger partial charge is 0.136 e. The van der Waals surface area contributed by atoms with E-state index in [0.717, 1.165) is 27.1 Å². The van der Waals surface area contributed by atoms with E-state index in [1.165, 1.54) is 0 Å². The van der Waals surface area contributed by atoms with Crippen LogP contribution in [-0.2, 0) is 0 Å². The average Bonchev–Trinajstić information content (AvgIpc) is 2.47. The van der Waals surface area contributed by atoms with Crippen LogP contribution in [0.15, 0.2) is 46.9 Å². The van der Waals surface area contributed by atoms with Gasteiger partial charge in [-0.05, 0) is 48.4 Å². The highest BCUT2D eigenvalue weighted by atomic mass is 79.9. The molecule has 20 heavy (non-hydrogen) atoms. The molecule has 2 rings (SSSR count). The largest absolute Gasteiger partial charge is 0.497 e. The van der Waals surface area contributed by atoms with Crippen LogP contribution >= 0.6 is 15.9 Å². The second-order valence-corrected chi connectivity index (χ2v) is 5.44. The Morgan fingerprint density at radius 2 is 1.85 bits per heavy atom. The molecule has 4 heteroatoms. The Morgan fingerprint density at radius 1 is 1.15 bits per heavy atom. The summed E-state index contributed by atoms with van der Waals surface area (Å²) in [7, 11) is 1.65. The molecule has 1 atom stereocenters. The van der Waals surface area contributed by atoms with E-state index in [1.54, 1.807) is 7.11 Å². The van der Waals surface area contributed by atoms with Crippen molar-refractivity contribution in [3.8, 4) is 11.5 Å². The predicted octanol–water partition coefficient (Wildman–Crippen LogP) is 3.84. The summed E-state index contributed by atoms with van der Waals surface area (Å²) in [5.41, 5.74) is 7.95. The van der Waals surface area contributed by atoms with Crippen molar-refractivity contribution in [1.82, 2.24) is 0 Å². The molecular formula is C16H18BrNO2. The highest BCUT2D eigenvalue weighted by Gasteiger charge is 2.13. The van der Waals surface area contributed by atoms with E-state index in [-0.39, 0.29) is 6.10 Å². The average molecular weight is 336 g/mol. The monoisotopic (exact) mass is 335 g/mol. The number of ether oxygens (including phenoxy) is 2. The van der Waals surface area contributed by atoms with E-state index in [4.69, 9.17) is 15.2 Å². The number of nitrogens with two attached hydrogens (primary N) is 1. The molecule has 0 aliphatic rings. The molecule has 0 aliphatic heterocycles. The lowest BCUT2D eigenvalue weighted by Gasteiger charge is -2.19. The maximum Gasteiger partial charge on any atom is 0.136 e. The summed E-state index contributed by atoms with van der Waals surface area (Å²) >= 11 is 3.45. The summed E-state index contributed by atoms with van der Waals surface area (Å²) in [6.07, 6.45) is -0.166. The van der Waals surface area contributed by atoms with Gasteiger partial charge >= 0.3 is 0 Å². The van der Waals surface area contributed by atoms with Crippen LogP contribution in [-0.4, -0.2) is 13.7 Å². The second kappa shape index (κ2) is 6.77. The minimum atomic E-state index is -0.166. The molecule has 2 aromatic rings. The van der Waals surface area contributed by atoms with E-state index in [9.17, 15) is 0 Å².